The van der Waals surface area contributed by atoms with Crippen LogP contribution in [0, 0.1) is 50.2 Å². The normalized spacial score (nSPS) is 50.7. The van der Waals surface area contributed by atoms with Gasteiger partial charge in [0.15, 0.2) is 11.6 Å². The average molecular weight is 501 g/mol. The van der Waals surface area contributed by atoms with Crippen LogP contribution in [-0.4, -0.2) is 22.6 Å². The van der Waals surface area contributed by atoms with Crippen molar-refractivity contribution < 1.29 is 19.5 Å². The average Bonchev–Trinajstić information content (AvgIpc) is 2.74. The molecular weight excluding hydrogens is 460 g/mol. The van der Waals surface area contributed by atoms with Crippen molar-refractivity contribution in [3.8, 4) is 0 Å². The Bertz CT molecular complexity index is 1100. The zero-order chi connectivity index (χ0) is 26.0. The van der Waals surface area contributed by atoms with E-state index in [-0.39, 0.29) is 50.6 Å². The Labute approximate surface area is 214 Å². The molecule has 3 fully saturated rings. The smallest absolute Gasteiger partial charge is 0.309 e. The summed E-state index contributed by atoms with van der Waals surface area (Å²) in [5.41, 5.74) is -1.08. The monoisotopic (exact) mass is 500 g/mol. The quantitative estimate of drug-likeness (QED) is 0.422. The minimum atomic E-state index is -0.752. The van der Waals surface area contributed by atoms with Gasteiger partial charge < -0.3 is 5.11 Å². The first-order valence-corrected chi connectivity index (χ1v) is 13.8. The maximum absolute atomic E-state index is 14.2. The number of halogens is 1. The van der Waals surface area contributed by atoms with Gasteiger partial charge >= 0.3 is 5.97 Å². The Morgan fingerprint density at radius 2 is 1.60 bits per heavy atom. The van der Waals surface area contributed by atoms with Crippen molar-refractivity contribution in [2.24, 2.45) is 50.2 Å². The summed E-state index contributed by atoms with van der Waals surface area (Å²) in [6, 6.07) is 0. The number of carboxylic acid groups (broad SMARTS) is 1. The van der Waals surface area contributed by atoms with E-state index >= 15 is 0 Å². The van der Waals surface area contributed by atoms with E-state index < -0.39 is 22.2 Å². The van der Waals surface area contributed by atoms with Crippen molar-refractivity contribution in [1.29, 1.82) is 0 Å². The fraction of sp³-hybridized carbons (Fsp3) is 0.767. The molecular formula is C30H41ClO4. The number of carboxylic acids is 1. The molecule has 35 heavy (non-hydrogen) atoms. The first-order valence-electron chi connectivity index (χ1n) is 13.4. The Hall–Kier alpha value is -1.42. The van der Waals surface area contributed by atoms with Crippen LogP contribution in [0.3, 0.4) is 0 Å². The third-order valence-electron chi connectivity index (χ3n) is 12.4. The van der Waals surface area contributed by atoms with E-state index in [1.54, 1.807) is 0 Å². The van der Waals surface area contributed by atoms with Crippen molar-refractivity contribution in [3.63, 3.8) is 0 Å². The summed E-state index contributed by atoms with van der Waals surface area (Å²) in [7, 11) is 0. The molecule has 3 saturated carbocycles. The molecule has 5 rings (SSSR count). The molecule has 0 amide bonds. The lowest BCUT2D eigenvalue weighted by atomic mass is 9.34. The highest BCUT2D eigenvalue weighted by atomic mass is 35.5. The van der Waals surface area contributed by atoms with Gasteiger partial charge in [0.1, 0.15) is 0 Å². The van der Waals surface area contributed by atoms with Crippen LogP contribution in [0.4, 0.5) is 0 Å². The van der Waals surface area contributed by atoms with Crippen LogP contribution in [0.5, 0.6) is 0 Å². The Balaban J connectivity index is 1.67. The molecule has 5 aliphatic rings. The molecule has 4 nitrogen and oxygen atoms in total. The first-order chi connectivity index (χ1) is 16.0. The van der Waals surface area contributed by atoms with Crippen molar-refractivity contribution >= 4 is 29.1 Å². The maximum Gasteiger partial charge on any atom is 0.309 e. The summed E-state index contributed by atoms with van der Waals surface area (Å²) >= 11 is 6.56. The van der Waals surface area contributed by atoms with Crippen LogP contribution in [0.25, 0.3) is 0 Å². The van der Waals surface area contributed by atoms with Crippen LogP contribution in [0.1, 0.15) is 93.4 Å². The number of allylic oxidation sites excluding steroid dienone is 4. The van der Waals surface area contributed by atoms with E-state index in [9.17, 15) is 19.5 Å². The Kier molecular flexibility index (Phi) is 5.13. The molecule has 0 aromatic heterocycles. The maximum atomic E-state index is 14.2. The van der Waals surface area contributed by atoms with Gasteiger partial charge in [-0.2, -0.15) is 0 Å². The molecule has 0 spiro atoms. The second-order valence-corrected chi connectivity index (χ2v) is 14.9. The number of aliphatic carboxylic acids is 1. The number of hydrogen-bond acceptors (Lipinski definition) is 3. The van der Waals surface area contributed by atoms with Gasteiger partial charge in [-0.1, -0.05) is 64.8 Å². The highest BCUT2D eigenvalue weighted by molar-refractivity contribution is 6.43. The molecule has 0 bridgehead atoms. The first kappa shape index (κ1) is 25.2. The SMILES string of the molecule is CC1(C)C(=O)C(Cl)=C[C@]2(C)[C@H]3C(=O)C=C4[C@@H]5C[C@@](C)(C(=O)O)CC[C@]5(C)CC[C@@]4(C)[C@]3(C)CC[C@@H]12. The second kappa shape index (κ2) is 7.11. The van der Waals surface area contributed by atoms with Crippen molar-refractivity contribution in [2.45, 2.75) is 93.4 Å². The van der Waals surface area contributed by atoms with E-state index in [4.69, 9.17) is 11.6 Å². The standard InChI is InChI=1S/C30H41ClO4/c1-25(2)21-8-9-30(7)22(28(21,5)16-19(31)23(25)33)20(32)14-17-18-15-27(4,24(34)35)11-10-26(18,3)12-13-29(17,30)6/h14,16,18,21-22H,8-13,15H2,1-7H3,(H,34,35)/t18-,21-,22+,26+,27-,28-,29+,30+/m0/s1. The molecule has 0 saturated heterocycles. The minimum Gasteiger partial charge on any atom is -0.481 e. The Morgan fingerprint density at radius 3 is 2.23 bits per heavy atom. The molecule has 192 valence electrons. The van der Waals surface area contributed by atoms with Crippen molar-refractivity contribution in [2.75, 3.05) is 0 Å². The van der Waals surface area contributed by atoms with Gasteiger partial charge in [-0.3, -0.25) is 14.4 Å². The fourth-order valence-electron chi connectivity index (χ4n) is 9.82. The van der Waals surface area contributed by atoms with Gasteiger partial charge in [0.05, 0.1) is 10.4 Å². The summed E-state index contributed by atoms with van der Waals surface area (Å²) in [4.78, 5) is 39.5. The van der Waals surface area contributed by atoms with E-state index in [1.807, 2.05) is 32.9 Å². The third kappa shape index (κ3) is 2.95. The van der Waals surface area contributed by atoms with E-state index in [2.05, 4.69) is 27.7 Å². The van der Waals surface area contributed by atoms with Gasteiger partial charge in [-0.05, 0) is 86.0 Å². The predicted octanol–water partition coefficient (Wildman–Crippen LogP) is 6.96. The molecule has 5 heteroatoms. The lowest BCUT2D eigenvalue weighted by Crippen LogP contribution is -2.65. The van der Waals surface area contributed by atoms with Crippen molar-refractivity contribution in [3.05, 3.63) is 22.8 Å². The van der Waals surface area contributed by atoms with Gasteiger partial charge in [0.2, 0.25) is 0 Å². The summed E-state index contributed by atoms with van der Waals surface area (Å²) in [5.74, 6) is -0.677. The summed E-state index contributed by atoms with van der Waals surface area (Å²) < 4.78 is 0. The zero-order valence-corrected chi connectivity index (χ0v) is 23.1. The second-order valence-electron chi connectivity index (χ2n) is 14.5. The van der Waals surface area contributed by atoms with Crippen LogP contribution in [-0.2, 0) is 14.4 Å². The number of hydrogen-bond donors (Lipinski definition) is 1. The molecule has 0 aromatic rings. The highest BCUT2D eigenvalue weighted by Crippen LogP contribution is 2.74. The number of fused-ring (bicyclic) bond motifs is 7. The largest absolute Gasteiger partial charge is 0.481 e. The number of carbonyl (C=O) groups excluding carboxylic acids is 2. The van der Waals surface area contributed by atoms with Gasteiger partial charge in [0.25, 0.3) is 0 Å². The predicted molar refractivity (Wildman–Crippen MR) is 137 cm³/mol. The van der Waals surface area contributed by atoms with Gasteiger partial charge in [0, 0.05) is 16.7 Å². The van der Waals surface area contributed by atoms with Crippen LogP contribution in [0.2, 0.25) is 0 Å². The molecule has 0 aromatic carbocycles. The minimum absolute atomic E-state index is 0.0143. The summed E-state index contributed by atoms with van der Waals surface area (Å²) in [6.07, 6.45) is 9.87. The van der Waals surface area contributed by atoms with Crippen LogP contribution >= 0.6 is 11.6 Å². The van der Waals surface area contributed by atoms with Crippen LogP contribution in [0.15, 0.2) is 22.8 Å². The molecule has 0 radical (unpaired) electrons. The Morgan fingerprint density at radius 1 is 0.971 bits per heavy atom. The van der Waals surface area contributed by atoms with Crippen LogP contribution < -0.4 is 0 Å². The molecule has 5 aliphatic carbocycles. The molecule has 0 heterocycles. The highest BCUT2D eigenvalue weighted by Gasteiger charge is 2.70. The fourth-order valence-corrected chi connectivity index (χ4v) is 10.3. The molecule has 8 atom stereocenters. The van der Waals surface area contributed by atoms with E-state index in [0.717, 1.165) is 32.1 Å². The van der Waals surface area contributed by atoms with Crippen molar-refractivity contribution in [1.82, 2.24) is 0 Å². The lowest BCUT2D eigenvalue weighted by Gasteiger charge is -2.69. The summed E-state index contributed by atoms with van der Waals surface area (Å²) in [5, 5.41) is 10.3. The van der Waals surface area contributed by atoms with Gasteiger partial charge in [-0.25, -0.2) is 0 Å². The summed E-state index contributed by atoms with van der Waals surface area (Å²) in [6.45, 7) is 15.0. The number of carbonyl (C=O) groups is 3. The zero-order valence-electron chi connectivity index (χ0n) is 22.4. The lowest BCUT2D eigenvalue weighted by molar-refractivity contribution is -0.172. The molecule has 0 unspecified atom stereocenters. The molecule has 1 N–H and O–H groups in total. The topological polar surface area (TPSA) is 71.4 Å². The number of rotatable bonds is 1. The third-order valence-corrected chi connectivity index (χ3v) is 12.7. The number of ketones is 2. The van der Waals surface area contributed by atoms with E-state index in [0.29, 0.717) is 12.8 Å². The molecule has 0 aliphatic heterocycles. The number of Topliss-reactive ketones (excluding diaryl/α,β-unsaturated/α-hetero) is 1. The van der Waals surface area contributed by atoms with Gasteiger partial charge in [-0.15, -0.1) is 0 Å². The van der Waals surface area contributed by atoms with E-state index in [1.165, 1.54) is 5.57 Å².